The number of nitrogens with two attached hydrogens (primary N) is 1. The molecular weight excluding hydrogens is 200 g/mol. The van der Waals surface area contributed by atoms with Gasteiger partial charge in [-0.05, 0) is 24.6 Å². The third-order valence-electron chi connectivity index (χ3n) is 1.94. The molecule has 0 aliphatic carbocycles. The summed E-state index contributed by atoms with van der Waals surface area (Å²) in [5, 5.41) is 19.1. The fourth-order valence-electron chi connectivity index (χ4n) is 1.32. The molecule has 80 valence electrons. The van der Waals surface area contributed by atoms with E-state index in [9.17, 15) is 14.9 Å². The van der Waals surface area contributed by atoms with Gasteiger partial charge in [-0.3, -0.25) is 10.1 Å². The highest BCUT2D eigenvalue weighted by Crippen LogP contribution is 2.20. The molecule has 0 spiro atoms. The lowest BCUT2D eigenvalue weighted by Crippen LogP contribution is -2.09. The van der Waals surface area contributed by atoms with E-state index < -0.39 is 17.4 Å². The van der Waals surface area contributed by atoms with Crippen molar-refractivity contribution >= 4 is 11.7 Å². The first-order chi connectivity index (χ1) is 6.91. The number of aromatic carboxylic acids is 1. The molecule has 0 atom stereocenters. The maximum Gasteiger partial charge on any atom is 0.337 e. The number of benzene rings is 1. The minimum atomic E-state index is -1.18. The minimum Gasteiger partial charge on any atom is -0.478 e. The average Bonchev–Trinajstić information content (AvgIpc) is 2.09. The van der Waals surface area contributed by atoms with Crippen LogP contribution in [-0.2, 0) is 6.54 Å². The number of nitrogen functional groups attached to an aromatic ring is 1. The monoisotopic (exact) mass is 210 g/mol. The second-order valence-corrected chi connectivity index (χ2v) is 3.18. The topological polar surface area (TPSA) is 106 Å². The second kappa shape index (κ2) is 3.95. The molecule has 0 aliphatic rings. The van der Waals surface area contributed by atoms with Crippen LogP contribution < -0.4 is 5.73 Å². The van der Waals surface area contributed by atoms with Crippen molar-refractivity contribution in [2.75, 3.05) is 5.73 Å². The molecule has 1 rings (SSSR count). The highest BCUT2D eigenvalue weighted by Gasteiger charge is 2.15. The minimum absolute atomic E-state index is 0.0372. The van der Waals surface area contributed by atoms with Crippen molar-refractivity contribution in [3.8, 4) is 0 Å². The van der Waals surface area contributed by atoms with E-state index in [1.807, 2.05) is 0 Å². The van der Waals surface area contributed by atoms with Crippen LogP contribution in [0.5, 0.6) is 0 Å². The zero-order chi connectivity index (χ0) is 11.6. The standard InChI is InChI=1S/C9H10N2O4/c1-5-2-6(4-11(14)15)8(10)7(3-5)9(12)13/h2-3H,4,10H2,1H3,(H,12,13). The fraction of sp³-hybridized carbons (Fsp3) is 0.222. The predicted molar refractivity (Wildman–Crippen MR) is 53.2 cm³/mol. The van der Waals surface area contributed by atoms with E-state index in [4.69, 9.17) is 10.8 Å². The van der Waals surface area contributed by atoms with Crippen molar-refractivity contribution < 1.29 is 14.8 Å². The van der Waals surface area contributed by atoms with Gasteiger partial charge in [0.2, 0.25) is 6.54 Å². The lowest BCUT2D eigenvalue weighted by atomic mass is 10.0. The number of aryl methyl sites for hydroxylation is 1. The van der Waals surface area contributed by atoms with Crippen LogP contribution in [0, 0.1) is 17.0 Å². The summed E-state index contributed by atoms with van der Waals surface area (Å²) in [4.78, 5) is 20.5. The van der Waals surface area contributed by atoms with Crippen LogP contribution in [-0.4, -0.2) is 16.0 Å². The number of carbonyl (C=O) groups is 1. The Labute approximate surface area is 85.5 Å². The number of carboxylic acid groups (broad SMARTS) is 1. The van der Waals surface area contributed by atoms with Gasteiger partial charge in [0.15, 0.2) is 0 Å². The number of hydrogen-bond acceptors (Lipinski definition) is 4. The highest BCUT2D eigenvalue weighted by atomic mass is 16.6. The first-order valence-corrected chi connectivity index (χ1v) is 4.16. The van der Waals surface area contributed by atoms with Crippen molar-refractivity contribution in [3.05, 3.63) is 38.9 Å². The molecule has 0 saturated heterocycles. The summed E-state index contributed by atoms with van der Waals surface area (Å²) < 4.78 is 0. The summed E-state index contributed by atoms with van der Waals surface area (Å²) in [6.45, 7) is 1.20. The lowest BCUT2D eigenvalue weighted by molar-refractivity contribution is -0.496. The van der Waals surface area contributed by atoms with E-state index in [1.54, 1.807) is 6.92 Å². The van der Waals surface area contributed by atoms with Crippen LogP contribution in [0.4, 0.5) is 5.69 Å². The van der Waals surface area contributed by atoms with Crippen molar-refractivity contribution in [2.45, 2.75) is 13.5 Å². The third-order valence-corrected chi connectivity index (χ3v) is 1.94. The molecule has 1 aromatic carbocycles. The van der Waals surface area contributed by atoms with E-state index in [0.29, 0.717) is 5.56 Å². The number of nitrogens with zero attached hydrogens (tertiary/aromatic N) is 1. The van der Waals surface area contributed by atoms with Gasteiger partial charge in [0.05, 0.1) is 11.3 Å². The predicted octanol–water partition coefficient (Wildman–Crippen LogP) is 1.05. The molecule has 15 heavy (non-hydrogen) atoms. The molecule has 0 bridgehead atoms. The molecule has 6 nitrogen and oxygen atoms in total. The van der Waals surface area contributed by atoms with Gasteiger partial charge >= 0.3 is 5.97 Å². The SMILES string of the molecule is Cc1cc(C[N+](=O)[O-])c(N)c(C(=O)O)c1. The smallest absolute Gasteiger partial charge is 0.337 e. The molecule has 0 saturated carbocycles. The van der Waals surface area contributed by atoms with E-state index in [0.717, 1.165) is 0 Å². The second-order valence-electron chi connectivity index (χ2n) is 3.18. The zero-order valence-electron chi connectivity index (χ0n) is 8.06. The fourth-order valence-corrected chi connectivity index (χ4v) is 1.32. The van der Waals surface area contributed by atoms with E-state index >= 15 is 0 Å². The number of anilines is 1. The van der Waals surface area contributed by atoms with Gasteiger partial charge in [-0.2, -0.15) is 0 Å². The number of carboxylic acids is 1. The Balaban J connectivity index is 3.28. The number of rotatable bonds is 3. The molecule has 0 aliphatic heterocycles. The Hall–Kier alpha value is -2.11. The highest BCUT2D eigenvalue weighted by molar-refractivity contribution is 5.94. The van der Waals surface area contributed by atoms with Gasteiger partial charge in [-0.25, -0.2) is 4.79 Å². The van der Waals surface area contributed by atoms with Gasteiger partial charge in [-0.1, -0.05) is 0 Å². The maximum absolute atomic E-state index is 10.8. The molecule has 0 radical (unpaired) electrons. The molecule has 3 N–H and O–H groups in total. The zero-order valence-corrected chi connectivity index (χ0v) is 8.06. The Morgan fingerprint density at radius 3 is 2.67 bits per heavy atom. The Bertz CT molecular complexity index is 428. The Morgan fingerprint density at radius 2 is 2.20 bits per heavy atom. The average molecular weight is 210 g/mol. The largest absolute Gasteiger partial charge is 0.478 e. The normalized spacial score (nSPS) is 9.93. The van der Waals surface area contributed by atoms with Crippen molar-refractivity contribution in [2.24, 2.45) is 0 Å². The Kier molecular flexibility index (Phi) is 2.89. The van der Waals surface area contributed by atoms with Gasteiger partial charge in [0.1, 0.15) is 0 Å². The van der Waals surface area contributed by atoms with E-state index in [2.05, 4.69) is 0 Å². The van der Waals surface area contributed by atoms with Crippen LogP contribution >= 0.6 is 0 Å². The first-order valence-electron chi connectivity index (χ1n) is 4.16. The van der Waals surface area contributed by atoms with Crippen LogP contribution in [0.3, 0.4) is 0 Å². The summed E-state index contributed by atoms with van der Waals surface area (Å²) in [7, 11) is 0. The Morgan fingerprint density at radius 1 is 1.60 bits per heavy atom. The summed E-state index contributed by atoms with van der Waals surface area (Å²) in [6, 6.07) is 2.91. The molecule has 0 amide bonds. The summed E-state index contributed by atoms with van der Waals surface area (Å²) in [6.07, 6.45) is 0. The molecule has 0 aromatic heterocycles. The summed E-state index contributed by atoms with van der Waals surface area (Å²) in [5.74, 6) is -1.18. The van der Waals surface area contributed by atoms with Crippen LogP contribution in [0.1, 0.15) is 21.5 Å². The van der Waals surface area contributed by atoms with E-state index in [1.165, 1.54) is 12.1 Å². The lowest BCUT2D eigenvalue weighted by Gasteiger charge is -2.06. The quantitative estimate of drug-likeness (QED) is 0.440. The first kappa shape index (κ1) is 11.0. The third kappa shape index (κ3) is 2.43. The molecule has 0 heterocycles. The summed E-state index contributed by atoms with van der Waals surface area (Å²) in [5.41, 5.74) is 6.26. The van der Waals surface area contributed by atoms with Gasteiger partial charge in [0.25, 0.3) is 0 Å². The molecule has 0 fully saturated rings. The van der Waals surface area contributed by atoms with Gasteiger partial charge in [0, 0.05) is 10.5 Å². The molecule has 0 unspecified atom stereocenters. The summed E-state index contributed by atoms with van der Waals surface area (Å²) >= 11 is 0. The molecular formula is C9H10N2O4. The van der Waals surface area contributed by atoms with Crippen molar-refractivity contribution in [3.63, 3.8) is 0 Å². The maximum atomic E-state index is 10.8. The van der Waals surface area contributed by atoms with Crippen LogP contribution in [0.15, 0.2) is 12.1 Å². The van der Waals surface area contributed by atoms with E-state index in [-0.39, 0.29) is 16.8 Å². The van der Waals surface area contributed by atoms with Crippen molar-refractivity contribution in [1.82, 2.24) is 0 Å². The van der Waals surface area contributed by atoms with Crippen molar-refractivity contribution in [1.29, 1.82) is 0 Å². The number of nitro groups is 1. The van der Waals surface area contributed by atoms with Gasteiger partial charge in [-0.15, -0.1) is 0 Å². The van der Waals surface area contributed by atoms with Crippen LogP contribution in [0.25, 0.3) is 0 Å². The number of hydrogen-bond donors (Lipinski definition) is 2. The molecule has 1 aromatic rings. The van der Waals surface area contributed by atoms with Crippen LogP contribution in [0.2, 0.25) is 0 Å². The molecule has 6 heteroatoms. The van der Waals surface area contributed by atoms with Gasteiger partial charge < -0.3 is 10.8 Å².